The molecule has 4 unspecified atom stereocenters. The molecule has 0 saturated carbocycles. The minimum absolute atomic E-state index is 0.0435. The van der Waals surface area contributed by atoms with Gasteiger partial charge in [0.25, 0.3) is 0 Å². The highest BCUT2D eigenvalue weighted by atomic mass is 16.8. The summed E-state index contributed by atoms with van der Waals surface area (Å²) in [4.78, 5) is 0. The summed E-state index contributed by atoms with van der Waals surface area (Å²) in [6.07, 6.45) is 7.22. The summed E-state index contributed by atoms with van der Waals surface area (Å²) in [6, 6.07) is 42.1. The molecule has 2 bridgehead atoms. The monoisotopic (exact) mass is 620 g/mol. The molecule has 7 aromatic carbocycles. The molecule has 230 valence electrons. The zero-order valence-electron chi connectivity index (χ0n) is 26.7. The highest BCUT2D eigenvalue weighted by Crippen LogP contribution is 2.51. The summed E-state index contributed by atoms with van der Waals surface area (Å²) in [5, 5.41) is 10.1. The van der Waals surface area contributed by atoms with Gasteiger partial charge in [-0.25, -0.2) is 0 Å². The van der Waals surface area contributed by atoms with Crippen molar-refractivity contribution in [2.45, 2.75) is 31.8 Å². The zero-order chi connectivity index (χ0) is 31.7. The van der Waals surface area contributed by atoms with Crippen molar-refractivity contribution in [2.24, 2.45) is 11.8 Å². The Balaban J connectivity index is 1.03. The summed E-state index contributed by atoms with van der Waals surface area (Å²) >= 11 is 0. The van der Waals surface area contributed by atoms with Crippen LogP contribution in [-0.2, 0) is 9.47 Å². The SMILES string of the molecule is CC1(C)OC2C3C=CC(C(c4ccc5ccc6c(-c7ccc(-c8cccc9c8oc8ccccc89)cc7)ccc7ccc4c5c76)=C3)C2O1. The molecule has 1 aliphatic heterocycles. The van der Waals surface area contributed by atoms with Crippen LogP contribution in [0, 0.1) is 11.8 Å². The smallest absolute Gasteiger partial charge is 0.163 e. The lowest BCUT2D eigenvalue weighted by atomic mass is 9.70. The van der Waals surface area contributed by atoms with E-state index in [1.54, 1.807) is 0 Å². The van der Waals surface area contributed by atoms with Gasteiger partial charge < -0.3 is 13.9 Å². The van der Waals surface area contributed by atoms with Crippen LogP contribution in [-0.4, -0.2) is 18.0 Å². The second kappa shape index (κ2) is 9.44. The Kier molecular flexibility index (Phi) is 5.27. The molecule has 8 aromatic rings. The first kappa shape index (κ1) is 26.8. The van der Waals surface area contributed by atoms with Crippen LogP contribution in [0.2, 0.25) is 0 Å². The minimum atomic E-state index is -0.556. The molecule has 3 aliphatic carbocycles. The van der Waals surface area contributed by atoms with Crippen LogP contribution in [0.1, 0.15) is 19.4 Å². The van der Waals surface area contributed by atoms with Crippen molar-refractivity contribution in [3.8, 4) is 22.3 Å². The van der Waals surface area contributed by atoms with E-state index in [1.807, 2.05) is 26.0 Å². The highest BCUT2D eigenvalue weighted by Gasteiger charge is 2.52. The summed E-state index contributed by atoms with van der Waals surface area (Å²) in [5.74, 6) is -0.150. The molecule has 12 rings (SSSR count). The van der Waals surface area contributed by atoms with Crippen molar-refractivity contribution in [1.82, 2.24) is 0 Å². The summed E-state index contributed by atoms with van der Waals surface area (Å²) in [5.41, 5.74) is 9.24. The predicted octanol–water partition coefficient (Wildman–Crippen LogP) is 11.5. The van der Waals surface area contributed by atoms with E-state index in [0.717, 1.165) is 33.1 Å². The Bertz CT molecular complexity index is 2670. The zero-order valence-corrected chi connectivity index (χ0v) is 26.7. The van der Waals surface area contributed by atoms with Crippen molar-refractivity contribution in [3.63, 3.8) is 0 Å². The predicted molar refractivity (Wildman–Crippen MR) is 196 cm³/mol. The Morgan fingerprint density at radius 2 is 1.17 bits per heavy atom. The molecule has 1 aromatic heterocycles. The van der Waals surface area contributed by atoms with Crippen molar-refractivity contribution in [1.29, 1.82) is 0 Å². The largest absolute Gasteiger partial charge is 0.455 e. The quantitative estimate of drug-likeness (QED) is 0.145. The second-order valence-electron chi connectivity index (χ2n) is 14.2. The fraction of sp³-hybridized carbons (Fsp3) is 0.156. The molecule has 2 heterocycles. The number of ether oxygens (including phenoxy) is 2. The lowest BCUT2D eigenvalue weighted by Gasteiger charge is -2.39. The lowest BCUT2D eigenvalue weighted by Crippen LogP contribution is -2.42. The summed E-state index contributed by atoms with van der Waals surface area (Å²) in [6.45, 7) is 4.07. The molecule has 1 saturated heterocycles. The van der Waals surface area contributed by atoms with E-state index in [4.69, 9.17) is 13.9 Å². The van der Waals surface area contributed by atoms with Crippen LogP contribution in [0.15, 0.2) is 138 Å². The van der Waals surface area contributed by atoms with Crippen molar-refractivity contribution in [3.05, 3.63) is 139 Å². The van der Waals surface area contributed by atoms with E-state index < -0.39 is 5.79 Å². The first-order chi connectivity index (χ1) is 23.5. The fourth-order valence-corrected chi connectivity index (χ4v) is 8.99. The number of benzene rings is 7. The maximum Gasteiger partial charge on any atom is 0.163 e. The van der Waals surface area contributed by atoms with E-state index in [0.29, 0.717) is 0 Å². The molecule has 0 N–H and O–H groups in total. The van der Waals surface area contributed by atoms with Gasteiger partial charge in [0.15, 0.2) is 5.79 Å². The minimum Gasteiger partial charge on any atom is -0.455 e. The molecule has 4 aliphatic rings. The van der Waals surface area contributed by atoms with Gasteiger partial charge in [-0.3, -0.25) is 0 Å². The van der Waals surface area contributed by atoms with Crippen LogP contribution in [0.3, 0.4) is 0 Å². The first-order valence-electron chi connectivity index (χ1n) is 17.0. The van der Waals surface area contributed by atoms with Gasteiger partial charge in [-0.1, -0.05) is 127 Å². The van der Waals surface area contributed by atoms with Crippen molar-refractivity contribution < 1.29 is 13.9 Å². The first-order valence-corrected chi connectivity index (χ1v) is 17.0. The van der Waals surface area contributed by atoms with Crippen LogP contribution < -0.4 is 0 Å². The van der Waals surface area contributed by atoms with Crippen molar-refractivity contribution >= 4 is 59.8 Å². The summed E-state index contributed by atoms with van der Waals surface area (Å²) in [7, 11) is 0. The molecule has 4 atom stereocenters. The topological polar surface area (TPSA) is 31.6 Å². The van der Waals surface area contributed by atoms with Gasteiger partial charge in [0, 0.05) is 28.2 Å². The van der Waals surface area contributed by atoms with Crippen molar-refractivity contribution in [2.75, 3.05) is 0 Å². The number of hydrogen-bond acceptors (Lipinski definition) is 3. The third kappa shape index (κ3) is 3.66. The van der Waals surface area contributed by atoms with Crippen LogP contribution >= 0.6 is 0 Å². The number of hydrogen-bond donors (Lipinski definition) is 0. The van der Waals surface area contributed by atoms with E-state index in [1.165, 1.54) is 54.6 Å². The number of furan rings is 1. The maximum absolute atomic E-state index is 6.48. The maximum atomic E-state index is 6.48. The molecule has 0 radical (unpaired) electrons. The number of rotatable bonds is 3. The van der Waals surface area contributed by atoms with Gasteiger partial charge in [0.1, 0.15) is 11.2 Å². The Hall–Kier alpha value is -5.22. The molecule has 48 heavy (non-hydrogen) atoms. The van der Waals surface area contributed by atoms with Gasteiger partial charge in [0.2, 0.25) is 0 Å². The van der Waals surface area contributed by atoms with E-state index in [9.17, 15) is 0 Å². The fourth-order valence-electron chi connectivity index (χ4n) is 8.99. The van der Waals surface area contributed by atoms with E-state index >= 15 is 0 Å². The molecular formula is C45H32O3. The molecule has 1 fully saturated rings. The molecule has 3 heteroatoms. The number of para-hydroxylation sites is 2. The Morgan fingerprint density at radius 3 is 1.96 bits per heavy atom. The highest BCUT2D eigenvalue weighted by molar-refractivity contribution is 6.27. The van der Waals surface area contributed by atoms with Gasteiger partial charge in [-0.2, -0.15) is 0 Å². The summed E-state index contributed by atoms with van der Waals surface area (Å²) < 4.78 is 19.2. The van der Waals surface area contributed by atoms with E-state index in [2.05, 4.69) is 121 Å². The average Bonchev–Trinajstić information content (AvgIpc) is 3.68. The van der Waals surface area contributed by atoms with Gasteiger partial charge >= 0.3 is 0 Å². The van der Waals surface area contributed by atoms with E-state index in [-0.39, 0.29) is 24.0 Å². The standard InChI is InChI=1S/C45H32O3/c1-45(2)47-42-29-18-23-37(44(42)48-45)38(24-29)32-20-15-28-16-21-34-30(19-14-27-17-22-35(32)41(28)40(27)34)25-10-12-26(13-11-25)31-7-5-8-36-33-6-3-4-9-39(33)46-43(31)36/h3-24,29,37,42,44H,1-2H3. The normalized spacial score (nSPS) is 22.8. The molecule has 3 nitrogen and oxygen atoms in total. The molecular weight excluding hydrogens is 588 g/mol. The van der Waals surface area contributed by atoms with Crippen LogP contribution in [0.25, 0.3) is 82.1 Å². The van der Waals surface area contributed by atoms with Crippen LogP contribution in [0.5, 0.6) is 0 Å². The lowest BCUT2D eigenvalue weighted by molar-refractivity contribution is -0.148. The Morgan fingerprint density at radius 1 is 0.521 bits per heavy atom. The van der Waals surface area contributed by atoms with Gasteiger partial charge in [-0.15, -0.1) is 0 Å². The second-order valence-corrected chi connectivity index (χ2v) is 14.2. The average molecular weight is 621 g/mol. The third-order valence-corrected chi connectivity index (χ3v) is 11.1. The van der Waals surface area contributed by atoms with Gasteiger partial charge in [-0.05, 0) is 80.1 Å². The Labute approximate surface area is 278 Å². The van der Waals surface area contributed by atoms with Gasteiger partial charge in [0.05, 0.1) is 12.2 Å². The molecule has 0 spiro atoms. The third-order valence-electron chi connectivity index (χ3n) is 11.1. The number of fused-ring (bicyclic) bond motifs is 3. The van der Waals surface area contributed by atoms with Crippen LogP contribution in [0.4, 0.5) is 0 Å². The molecule has 0 amide bonds.